The molecule has 0 saturated heterocycles. The van der Waals surface area contributed by atoms with Crippen molar-refractivity contribution < 1.29 is 18.0 Å². The van der Waals surface area contributed by atoms with Gasteiger partial charge in [0.15, 0.2) is 0 Å². The van der Waals surface area contributed by atoms with Gasteiger partial charge in [0.1, 0.15) is 0 Å². The summed E-state index contributed by atoms with van der Waals surface area (Å²) in [7, 11) is 0. The lowest BCUT2D eigenvalue weighted by atomic mass is 10.1. The number of alkyl halides is 4. The molecule has 0 aromatic heterocycles. The second kappa shape index (κ2) is 5.93. The zero-order valence-electron chi connectivity index (χ0n) is 10.3. The summed E-state index contributed by atoms with van der Waals surface area (Å²) in [6, 6.07) is 3.25. The number of hydrogen-bond acceptors (Lipinski definition) is 1. The third-order valence-electron chi connectivity index (χ3n) is 3.28. The molecule has 110 valence electrons. The van der Waals surface area contributed by atoms with Crippen molar-refractivity contribution in [3.8, 4) is 0 Å². The van der Waals surface area contributed by atoms with Gasteiger partial charge in [-0.15, -0.1) is 11.6 Å². The molecule has 1 aliphatic rings. The topological polar surface area (TPSA) is 29.1 Å². The van der Waals surface area contributed by atoms with Crippen LogP contribution >= 0.6 is 27.5 Å². The van der Waals surface area contributed by atoms with Crippen LogP contribution in [-0.2, 0) is 6.18 Å². The predicted molar refractivity (Wildman–Crippen MR) is 73.9 cm³/mol. The number of carbonyl (C=O) groups is 1. The Morgan fingerprint density at radius 2 is 2.05 bits per heavy atom. The Kier molecular flexibility index (Phi) is 4.64. The van der Waals surface area contributed by atoms with Crippen molar-refractivity contribution in [1.82, 2.24) is 5.32 Å². The fraction of sp³-hybridized carbons (Fsp3) is 0.462. The molecule has 1 amide bonds. The molecule has 0 heterocycles. The fourth-order valence-corrected chi connectivity index (χ4v) is 3.03. The normalized spacial score (nSPS) is 22.9. The van der Waals surface area contributed by atoms with Crippen molar-refractivity contribution >= 4 is 33.4 Å². The molecule has 1 fully saturated rings. The summed E-state index contributed by atoms with van der Waals surface area (Å²) in [4.78, 5) is 12.0. The van der Waals surface area contributed by atoms with E-state index < -0.39 is 17.6 Å². The van der Waals surface area contributed by atoms with E-state index in [0.717, 1.165) is 25.3 Å². The van der Waals surface area contributed by atoms with Gasteiger partial charge in [0.25, 0.3) is 5.91 Å². The fourth-order valence-electron chi connectivity index (χ4n) is 2.21. The van der Waals surface area contributed by atoms with E-state index in [4.69, 9.17) is 11.6 Å². The van der Waals surface area contributed by atoms with Crippen LogP contribution in [0, 0.1) is 0 Å². The Morgan fingerprint density at radius 1 is 1.35 bits per heavy atom. The van der Waals surface area contributed by atoms with Gasteiger partial charge in [-0.1, -0.05) is 15.9 Å². The molecule has 1 saturated carbocycles. The van der Waals surface area contributed by atoms with Crippen LogP contribution < -0.4 is 5.32 Å². The highest BCUT2D eigenvalue weighted by Gasteiger charge is 2.34. The van der Waals surface area contributed by atoms with E-state index in [9.17, 15) is 18.0 Å². The van der Waals surface area contributed by atoms with Crippen LogP contribution in [0.15, 0.2) is 22.7 Å². The van der Waals surface area contributed by atoms with E-state index >= 15 is 0 Å². The summed E-state index contributed by atoms with van der Waals surface area (Å²) in [6.45, 7) is 0. The zero-order valence-corrected chi connectivity index (χ0v) is 12.6. The Labute approximate surface area is 127 Å². The highest BCUT2D eigenvalue weighted by atomic mass is 79.9. The average molecular weight is 371 g/mol. The van der Waals surface area contributed by atoms with Gasteiger partial charge in [-0.05, 0) is 37.5 Å². The van der Waals surface area contributed by atoms with Crippen LogP contribution in [0.1, 0.15) is 35.2 Å². The first-order valence-corrected chi connectivity index (χ1v) is 7.33. The maximum Gasteiger partial charge on any atom is 0.417 e. The number of nitrogens with one attached hydrogen (secondary N) is 1. The standard InChI is InChI=1S/C13H12BrClF3NO/c14-9-5-4-7(6-8(9)13(16,17)18)12(20)19-11-3-1-2-10(11)15/h4-6,10-11H,1-3H2,(H,19,20). The molecule has 0 bridgehead atoms. The second-order valence-electron chi connectivity index (χ2n) is 4.72. The van der Waals surface area contributed by atoms with Gasteiger partial charge in [0.05, 0.1) is 10.9 Å². The summed E-state index contributed by atoms with van der Waals surface area (Å²) >= 11 is 8.88. The number of halogens is 5. The third-order valence-corrected chi connectivity index (χ3v) is 4.50. The molecule has 20 heavy (non-hydrogen) atoms. The van der Waals surface area contributed by atoms with Crippen LogP contribution in [0.5, 0.6) is 0 Å². The van der Waals surface area contributed by atoms with Crippen LogP contribution in [0.2, 0.25) is 0 Å². The first-order valence-electron chi connectivity index (χ1n) is 6.10. The van der Waals surface area contributed by atoms with Gasteiger partial charge in [0.2, 0.25) is 0 Å². The molecule has 7 heteroatoms. The minimum Gasteiger partial charge on any atom is -0.348 e. The van der Waals surface area contributed by atoms with Gasteiger partial charge in [0, 0.05) is 16.1 Å². The summed E-state index contributed by atoms with van der Waals surface area (Å²) in [5.74, 6) is -0.527. The van der Waals surface area contributed by atoms with Crippen molar-refractivity contribution in [3.63, 3.8) is 0 Å². The van der Waals surface area contributed by atoms with E-state index in [0.29, 0.717) is 0 Å². The molecule has 0 aliphatic heterocycles. The number of hydrogen-bond donors (Lipinski definition) is 1. The van der Waals surface area contributed by atoms with Gasteiger partial charge < -0.3 is 5.32 Å². The van der Waals surface area contributed by atoms with Crippen molar-refractivity contribution in [1.29, 1.82) is 0 Å². The van der Waals surface area contributed by atoms with Crippen molar-refractivity contribution in [2.24, 2.45) is 0 Å². The lowest BCUT2D eigenvalue weighted by Crippen LogP contribution is -2.37. The van der Waals surface area contributed by atoms with E-state index in [1.807, 2.05) is 0 Å². The van der Waals surface area contributed by atoms with Crippen LogP contribution in [-0.4, -0.2) is 17.3 Å². The van der Waals surface area contributed by atoms with E-state index in [-0.39, 0.29) is 21.5 Å². The first kappa shape index (κ1) is 15.6. The molecule has 2 rings (SSSR count). The van der Waals surface area contributed by atoms with Crippen molar-refractivity contribution in [2.45, 2.75) is 36.9 Å². The molecule has 1 aliphatic carbocycles. The average Bonchev–Trinajstić information content (AvgIpc) is 2.74. The SMILES string of the molecule is O=C(NC1CCCC1Cl)c1ccc(Br)c(C(F)(F)F)c1. The quantitative estimate of drug-likeness (QED) is 0.770. The number of rotatable bonds is 2. The second-order valence-corrected chi connectivity index (χ2v) is 6.13. The number of carbonyl (C=O) groups excluding carboxylic acids is 1. The molecule has 1 N–H and O–H groups in total. The number of benzene rings is 1. The molecule has 2 nitrogen and oxygen atoms in total. The third kappa shape index (κ3) is 3.47. The molecule has 0 spiro atoms. The highest BCUT2D eigenvalue weighted by molar-refractivity contribution is 9.10. The van der Waals surface area contributed by atoms with Crippen molar-refractivity contribution in [2.75, 3.05) is 0 Å². The molecule has 1 aromatic rings. The molecule has 0 radical (unpaired) electrons. The Morgan fingerprint density at radius 3 is 2.60 bits per heavy atom. The van der Waals surface area contributed by atoms with Gasteiger partial charge in [-0.2, -0.15) is 13.2 Å². The summed E-state index contributed by atoms with van der Waals surface area (Å²) < 4.78 is 38.2. The predicted octanol–water partition coefficient (Wildman–Crippen LogP) is 4.36. The monoisotopic (exact) mass is 369 g/mol. The number of amides is 1. The van der Waals surface area contributed by atoms with Crippen LogP contribution in [0.25, 0.3) is 0 Å². The van der Waals surface area contributed by atoms with Crippen LogP contribution in [0.4, 0.5) is 13.2 Å². The molecule has 2 atom stereocenters. The van der Waals surface area contributed by atoms with Gasteiger partial charge in [-0.25, -0.2) is 0 Å². The van der Waals surface area contributed by atoms with E-state index in [1.165, 1.54) is 12.1 Å². The molecule has 1 aromatic carbocycles. The smallest absolute Gasteiger partial charge is 0.348 e. The maximum absolute atomic E-state index is 12.8. The largest absolute Gasteiger partial charge is 0.417 e. The Bertz CT molecular complexity index is 521. The molecule has 2 unspecified atom stereocenters. The first-order chi connectivity index (χ1) is 9.29. The summed E-state index contributed by atoms with van der Waals surface area (Å²) in [5.41, 5.74) is -0.879. The lowest BCUT2D eigenvalue weighted by molar-refractivity contribution is -0.138. The Balaban J connectivity index is 2.18. The molecular weight excluding hydrogens is 358 g/mol. The van der Waals surface area contributed by atoms with E-state index in [2.05, 4.69) is 21.2 Å². The zero-order chi connectivity index (χ0) is 14.9. The maximum atomic E-state index is 12.8. The molecular formula is C13H12BrClF3NO. The minimum absolute atomic E-state index is 0.0173. The summed E-state index contributed by atoms with van der Waals surface area (Å²) in [5, 5.41) is 2.53. The van der Waals surface area contributed by atoms with Gasteiger partial charge >= 0.3 is 6.18 Å². The summed E-state index contributed by atoms with van der Waals surface area (Å²) in [6.07, 6.45) is -2.03. The highest BCUT2D eigenvalue weighted by Crippen LogP contribution is 2.35. The Hall–Kier alpha value is -0.750. The van der Waals surface area contributed by atoms with Crippen molar-refractivity contribution in [3.05, 3.63) is 33.8 Å². The van der Waals surface area contributed by atoms with Crippen LogP contribution in [0.3, 0.4) is 0 Å². The van der Waals surface area contributed by atoms with E-state index in [1.54, 1.807) is 0 Å². The lowest BCUT2D eigenvalue weighted by Gasteiger charge is -2.17. The van der Waals surface area contributed by atoms with Gasteiger partial charge in [-0.3, -0.25) is 4.79 Å². The minimum atomic E-state index is -4.50.